The molecular weight excluding hydrogens is 340 g/mol. The standard InChI is InChI=1S/C16H16BrF2NO/c1-10(11-3-2-4-13(17)7-11)20-9-16(21)12-5-6-14(18)15(19)8-12/h2-8,10,16,20-21H,9H2,1H3/t10-,16?/m1/s1. The molecule has 5 heteroatoms. The van der Waals surface area contributed by atoms with Crippen LogP contribution in [0, 0.1) is 11.6 Å². The highest BCUT2D eigenvalue weighted by atomic mass is 79.9. The summed E-state index contributed by atoms with van der Waals surface area (Å²) >= 11 is 3.41. The van der Waals surface area contributed by atoms with E-state index in [4.69, 9.17) is 0 Å². The summed E-state index contributed by atoms with van der Waals surface area (Å²) < 4.78 is 27.0. The van der Waals surface area contributed by atoms with Crippen molar-refractivity contribution in [2.45, 2.75) is 19.1 Å². The third-order valence-corrected chi connectivity index (χ3v) is 3.79. The van der Waals surface area contributed by atoms with Gasteiger partial charge in [-0.05, 0) is 42.3 Å². The van der Waals surface area contributed by atoms with Gasteiger partial charge in [-0.3, -0.25) is 0 Å². The van der Waals surface area contributed by atoms with Crippen molar-refractivity contribution in [1.29, 1.82) is 0 Å². The van der Waals surface area contributed by atoms with Crippen LogP contribution in [-0.4, -0.2) is 11.7 Å². The number of nitrogens with one attached hydrogen (secondary N) is 1. The van der Waals surface area contributed by atoms with Gasteiger partial charge in [-0.1, -0.05) is 34.1 Å². The lowest BCUT2D eigenvalue weighted by atomic mass is 10.1. The van der Waals surface area contributed by atoms with Crippen molar-refractivity contribution in [1.82, 2.24) is 5.32 Å². The van der Waals surface area contributed by atoms with Gasteiger partial charge in [0.1, 0.15) is 0 Å². The molecule has 2 atom stereocenters. The average Bonchev–Trinajstić information content (AvgIpc) is 2.47. The number of aliphatic hydroxyl groups excluding tert-OH is 1. The van der Waals surface area contributed by atoms with Gasteiger partial charge in [-0.25, -0.2) is 8.78 Å². The van der Waals surface area contributed by atoms with Gasteiger partial charge in [0, 0.05) is 17.1 Å². The van der Waals surface area contributed by atoms with Crippen molar-refractivity contribution in [2.75, 3.05) is 6.54 Å². The normalized spacial score (nSPS) is 14.0. The Labute approximate surface area is 130 Å². The molecular formula is C16H16BrF2NO. The summed E-state index contributed by atoms with van der Waals surface area (Å²) in [6.07, 6.45) is -0.894. The molecule has 0 amide bonds. The molecule has 0 aromatic heterocycles. The molecule has 2 aromatic rings. The van der Waals surface area contributed by atoms with Gasteiger partial charge in [0.2, 0.25) is 0 Å². The molecule has 112 valence electrons. The molecule has 0 saturated carbocycles. The van der Waals surface area contributed by atoms with Crippen LogP contribution < -0.4 is 5.32 Å². The number of hydrogen-bond acceptors (Lipinski definition) is 2. The number of benzene rings is 2. The number of aliphatic hydroxyl groups is 1. The van der Waals surface area contributed by atoms with E-state index in [1.165, 1.54) is 6.07 Å². The molecule has 1 unspecified atom stereocenters. The van der Waals surface area contributed by atoms with Crippen LogP contribution in [-0.2, 0) is 0 Å². The molecule has 2 N–H and O–H groups in total. The minimum Gasteiger partial charge on any atom is -0.387 e. The predicted molar refractivity (Wildman–Crippen MR) is 81.9 cm³/mol. The zero-order valence-corrected chi connectivity index (χ0v) is 13.1. The van der Waals surface area contributed by atoms with Crippen molar-refractivity contribution in [3.63, 3.8) is 0 Å². The van der Waals surface area contributed by atoms with Gasteiger partial charge in [-0.2, -0.15) is 0 Å². The number of rotatable bonds is 5. The molecule has 0 aliphatic heterocycles. The lowest BCUT2D eigenvalue weighted by Gasteiger charge is -2.18. The second kappa shape index (κ2) is 7.11. The third kappa shape index (κ3) is 4.33. The highest BCUT2D eigenvalue weighted by Crippen LogP contribution is 2.20. The third-order valence-electron chi connectivity index (χ3n) is 3.29. The summed E-state index contributed by atoms with van der Waals surface area (Å²) in [6.45, 7) is 2.22. The number of halogens is 3. The van der Waals surface area contributed by atoms with Crippen LogP contribution in [0.25, 0.3) is 0 Å². The molecule has 0 radical (unpaired) electrons. The first kappa shape index (κ1) is 16.1. The predicted octanol–water partition coefficient (Wildman–Crippen LogP) is 4.11. The molecule has 0 bridgehead atoms. The first-order valence-electron chi connectivity index (χ1n) is 6.59. The van der Waals surface area contributed by atoms with E-state index in [0.717, 1.165) is 22.2 Å². The quantitative estimate of drug-likeness (QED) is 0.845. The lowest BCUT2D eigenvalue weighted by molar-refractivity contribution is 0.170. The molecule has 2 rings (SSSR count). The second-order valence-corrected chi connectivity index (χ2v) is 5.79. The Morgan fingerprint density at radius 1 is 1.10 bits per heavy atom. The lowest BCUT2D eigenvalue weighted by Crippen LogP contribution is -2.24. The zero-order chi connectivity index (χ0) is 15.4. The summed E-state index contributed by atoms with van der Waals surface area (Å²) in [4.78, 5) is 0. The molecule has 2 aromatic carbocycles. The largest absolute Gasteiger partial charge is 0.387 e. The van der Waals surface area contributed by atoms with Crippen molar-refractivity contribution >= 4 is 15.9 Å². The van der Waals surface area contributed by atoms with E-state index >= 15 is 0 Å². The Kier molecular flexibility index (Phi) is 5.45. The van der Waals surface area contributed by atoms with Crippen molar-refractivity contribution < 1.29 is 13.9 Å². The van der Waals surface area contributed by atoms with Gasteiger partial charge >= 0.3 is 0 Å². The maximum absolute atomic E-state index is 13.1. The highest BCUT2D eigenvalue weighted by Gasteiger charge is 2.13. The van der Waals surface area contributed by atoms with Gasteiger partial charge in [0.25, 0.3) is 0 Å². The molecule has 0 fully saturated rings. The molecule has 0 aliphatic rings. The first-order chi connectivity index (χ1) is 9.97. The summed E-state index contributed by atoms with van der Waals surface area (Å²) in [5.74, 6) is -1.87. The SMILES string of the molecule is C[C@@H](NCC(O)c1ccc(F)c(F)c1)c1cccc(Br)c1. The molecule has 21 heavy (non-hydrogen) atoms. The Morgan fingerprint density at radius 2 is 1.86 bits per heavy atom. The van der Waals surface area contributed by atoms with E-state index in [2.05, 4.69) is 21.2 Å². The van der Waals surface area contributed by atoms with Crippen LogP contribution in [0.15, 0.2) is 46.9 Å². The zero-order valence-electron chi connectivity index (χ0n) is 11.5. The van der Waals surface area contributed by atoms with E-state index in [9.17, 15) is 13.9 Å². The van der Waals surface area contributed by atoms with Crippen LogP contribution in [0.1, 0.15) is 30.2 Å². The van der Waals surface area contributed by atoms with Gasteiger partial charge in [0.05, 0.1) is 6.10 Å². The minimum absolute atomic E-state index is 0.0300. The summed E-state index contributed by atoms with van der Waals surface area (Å²) in [7, 11) is 0. The molecule has 0 spiro atoms. The van der Waals surface area contributed by atoms with Crippen LogP contribution in [0.3, 0.4) is 0 Å². The fourth-order valence-corrected chi connectivity index (χ4v) is 2.44. The van der Waals surface area contributed by atoms with Crippen molar-refractivity contribution in [3.8, 4) is 0 Å². The maximum Gasteiger partial charge on any atom is 0.159 e. The first-order valence-corrected chi connectivity index (χ1v) is 7.38. The van der Waals surface area contributed by atoms with E-state index in [0.29, 0.717) is 5.56 Å². The summed E-state index contributed by atoms with van der Waals surface area (Å²) in [5, 5.41) is 13.2. The Hall–Kier alpha value is -1.30. The molecule has 0 aliphatic carbocycles. The average molecular weight is 356 g/mol. The van der Waals surface area contributed by atoms with E-state index in [-0.39, 0.29) is 12.6 Å². The smallest absolute Gasteiger partial charge is 0.159 e. The van der Waals surface area contributed by atoms with Gasteiger partial charge in [-0.15, -0.1) is 0 Å². The Balaban J connectivity index is 1.97. The molecule has 0 saturated heterocycles. The molecule has 0 heterocycles. The topological polar surface area (TPSA) is 32.3 Å². The van der Waals surface area contributed by atoms with E-state index in [1.807, 2.05) is 31.2 Å². The van der Waals surface area contributed by atoms with Crippen LogP contribution >= 0.6 is 15.9 Å². The van der Waals surface area contributed by atoms with Gasteiger partial charge in [0.15, 0.2) is 11.6 Å². The minimum atomic E-state index is -0.952. The van der Waals surface area contributed by atoms with Crippen molar-refractivity contribution in [2.24, 2.45) is 0 Å². The Bertz CT molecular complexity index is 621. The molecule has 2 nitrogen and oxygen atoms in total. The fourth-order valence-electron chi connectivity index (χ4n) is 2.02. The summed E-state index contributed by atoms with van der Waals surface area (Å²) in [6, 6.07) is 11.3. The monoisotopic (exact) mass is 355 g/mol. The summed E-state index contributed by atoms with van der Waals surface area (Å²) in [5.41, 5.74) is 1.42. The van der Waals surface area contributed by atoms with E-state index in [1.54, 1.807) is 0 Å². The van der Waals surface area contributed by atoms with Crippen LogP contribution in [0.5, 0.6) is 0 Å². The fraction of sp³-hybridized carbons (Fsp3) is 0.250. The van der Waals surface area contributed by atoms with Crippen LogP contribution in [0.4, 0.5) is 8.78 Å². The number of hydrogen-bond donors (Lipinski definition) is 2. The van der Waals surface area contributed by atoms with E-state index < -0.39 is 17.7 Å². The van der Waals surface area contributed by atoms with Gasteiger partial charge < -0.3 is 10.4 Å². The maximum atomic E-state index is 13.1. The van der Waals surface area contributed by atoms with Crippen LogP contribution in [0.2, 0.25) is 0 Å². The van der Waals surface area contributed by atoms with Crippen molar-refractivity contribution in [3.05, 3.63) is 69.7 Å². The highest BCUT2D eigenvalue weighted by molar-refractivity contribution is 9.10. The Morgan fingerprint density at radius 3 is 2.52 bits per heavy atom. The second-order valence-electron chi connectivity index (χ2n) is 4.87.